The van der Waals surface area contributed by atoms with E-state index in [1.54, 1.807) is 11.4 Å². The molecule has 2 aromatic rings. The van der Waals surface area contributed by atoms with Crippen molar-refractivity contribution in [2.45, 2.75) is 12.5 Å². The molecule has 4 nitrogen and oxygen atoms in total. The van der Waals surface area contributed by atoms with Crippen LogP contribution in [0.5, 0.6) is 5.75 Å². The number of rotatable bonds is 3. The Morgan fingerprint density at radius 3 is 3.00 bits per heavy atom. The van der Waals surface area contributed by atoms with Gasteiger partial charge in [-0.2, -0.15) is 0 Å². The lowest BCUT2D eigenvalue weighted by molar-refractivity contribution is 0.0353. The molecule has 0 saturated heterocycles. The van der Waals surface area contributed by atoms with E-state index in [9.17, 15) is 4.79 Å². The zero-order valence-corrected chi connectivity index (χ0v) is 11.0. The summed E-state index contributed by atoms with van der Waals surface area (Å²) in [6.07, 6.45) is 0.658. The van der Waals surface area contributed by atoms with Crippen molar-refractivity contribution >= 4 is 23.0 Å². The fourth-order valence-corrected chi connectivity index (χ4v) is 2.78. The largest absolute Gasteiger partial charge is 0.486 e. The van der Waals surface area contributed by atoms with Gasteiger partial charge in [-0.15, -0.1) is 11.3 Å². The number of carbonyl (C=O) groups is 1. The quantitative estimate of drug-likeness (QED) is 0.874. The summed E-state index contributed by atoms with van der Waals surface area (Å²) in [6.45, 7) is 0.241. The first-order valence-electron chi connectivity index (χ1n) is 5.98. The lowest BCUT2D eigenvalue weighted by Gasteiger charge is -2.10. The van der Waals surface area contributed by atoms with Crippen molar-refractivity contribution in [1.29, 1.82) is 0 Å². The molecule has 19 heavy (non-hydrogen) atoms. The van der Waals surface area contributed by atoms with Crippen molar-refractivity contribution in [2.75, 3.05) is 12.3 Å². The summed E-state index contributed by atoms with van der Waals surface area (Å²) < 4.78 is 10.9. The highest BCUT2D eigenvalue weighted by Gasteiger charge is 2.24. The van der Waals surface area contributed by atoms with Gasteiger partial charge in [0.1, 0.15) is 23.3 Å². The van der Waals surface area contributed by atoms with Crippen molar-refractivity contribution in [3.63, 3.8) is 0 Å². The smallest absolute Gasteiger partial charge is 0.350 e. The molecule has 2 N–H and O–H groups in total. The summed E-state index contributed by atoms with van der Waals surface area (Å²) in [6, 6.07) is 9.55. The van der Waals surface area contributed by atoms with Gasteiger partial charge in [-0.1, -0.05) is 18.2 Å². The van der Waals surface area contributed by atoms with Crippen molar-refractivity contribution < 1.29 is 14.3 Å². The number of anilines is 1. The van der Waals surface area contributed by atoms with E-state index in [0.29, 0.717) is 10.6 Å². The van der Waals surface area contributed by atoms with Gasteiger partial charge in [0, 0.05) is 6.42 Å². The van der Waals surface area contributed by atoms with Crippen molar-refractivity contribution in [3.8, 4) is 5.75 Å². The van der Waals surface area contributed by atoms with Crippen LogP contribution < -0.4 is 10.5 Å². The summed E-state index contributed by atoms with van der Waals surface area (Å²) in [4.78, 5) is 12.3. The van der Waals surface area contributed by atoms with Crippen molar-refractivity contribution in [3.05, 3.63) is 46.2 Å². The van der Waals surface area contributed by atoms with Crippen LogP contribution in [-0.4, -0.2) is 18.7 Å². The summed E-state index contributed by atoms with van der Waals surface area (Å²) >= 11 is 1.29. The number of nitrogen functional groups attached to an aromatic ring is 1. The molecule has 1 atom stereocenters. The standard InChI is InChI=1S/C14H13NO3S/c15-11-5-6-19-13(11)14(16)17-8-10-7-9-3-1-2-4-12(9)18-10/h1-6,10H,7-8,15H2. The van der Waals surface area contributed by atoms with Gasteiger partial charge in [-0.05, 0) is 23.1 Å². The van der Waals surface area contributed by atoms with Crippen LogP contribution in [0, 0.1) is 0 Å². The van der Waals surface area contributed by atoms with E-state index in [1.165, 1.54) is 11.3 Å². The van der Waals surface area contributed by atoms with Gasteiger partial charge in [-0.3, -0.25) is 0 Å². The molecule has 2 heterocycles. The van der Waals surface area contributed by atoms with E-state index in [2.05, 4.69) is 0 Å². The number of hydrogen-bond acceptors (Lipinski definition) is 5. The molecule has 0 bridgehead atoms. The molecular formula is C14H13NO3S. The number of esters is 1. The summed E-state index contributed by atoms with van der Waals surface area (Å²) in [5.74, 6) is 0.492. The molecule has 0 fully saturated rings. The Morgan fingerprint density at radius 1 is 1.42 bits per heavy atom. The average molecular weight is 275 g/mol. The minimum Gasteiger partial charge on any atom is -0.486 e. The predicted molar refractivity (Wildman–Crippen MR) is 73.6 cm³/mol. The average Bonchev–Trinajstić information content (AvgIpc) is 3.01. The maximum atomic E-state index is 11.8. The Bertz CT molecular complexity index is 583. The molecule has 0 radical (unpaired) electrons. The number of nitrogens with two attached hydrogens (primary N) is 1. The summed E-state index contributed by atoms with van der Waals surface area (Å²) in [5, 5.41) is 1.77. The molecule has 0 amide bonds. The highest BCUT2D eigenvalue weighted by Crippen LogP contribution is 2.28. The minimum atomic E-state index is -0.382. The molecule has 1 unspecified atom stereocenters. The predicted octanol–water partition coefficient (Wildman–Crippen LogP) is 2.49. The molecule has 0 spiro atoms. The second kappa shape index (κ2) is 4.93. The lowest BCUT2D eigenvalue weighted by Crippen LogP contribution is -2.22. The van der Waals surface area contributed by atoms with E-state index in [0.717, 1.165) is 17.7 Å². The van der Waals surface area contributed by atoms with Crippen molar-refractivity contribution in [1.82, 2.24) is 0 Å². The molecular weight excluding hydrogens is 262 g/mol. The fourth-order valence-electron chi connectivity index (χ4n) is 2.07. The van der Waals surface area contributed by atoms with E-state index in [4.69, 9.17) is 15.2 Å². The maximum absolute atomic E-state index is 11.8. The van der Waals surface area contributed by atoms with Gasteiger partial charge >= 0.3 is 5.97 Å². The van der Waals surface area contributed by atoms with Crippen LogP contribution in [0.4, 0.5) is 5.69 Å². The second-order valence-electron chi connectivity index (χ2n) is 4.36. The van der Waals surface area contributed by atoms with Gasteiger partial charge < -0.3 is 15.2 Å². The molecule has 0 saturated carbocycles. The topological polar surface area (TPSA) is 61.6 Å². The van der Waals surface area contributed by atoms with E-state index < -0.39 is 0 Å². The normalized spacial score (nSPS) is 16.7. The third kappa shape index (κ3) is 2.42. The number of fused-ring (bicyclic) bond motifs is 1. The monoisotopic (exact) mass is 275 g/mol. The first kappa shape index (κ1) is 12.0. The van der Waals surface area contributed by atoms with Crippen molar-refractivity contribution in [2.24, 2.45) is 0 Å². The molecule has 1 aromatic heterocycles. The Labute approximate surface area is 114 Å². The van der Waals surface area contributed by atoms with Crippen LogP contribution >= 0.6 is 11.3 Å². The molecule has 0 aliphatic carbocycles. The Kier molecular flexibility index (Phi) is 3.13. The van der Waals surface area contributed by atoms with E-state index >= 15 is 0 Å². The van der Waals surface area contributed by atoms with E-state index in [-0.39, 0.29) is 18.7 Å². The van der Waals surface area contributed by atoms with Gasteiger partial charge in [0.15, 0.2) is 0 Å². The first-order chi connectivity index (χ1) is 9.24. The number of benzene rings is 1. The number of thiophene rings is 1. The number of ether oxygens (including phenoxy) is 2. The zero-order valence-electron chi connectivity index (χ0n) is 10.2. The van der Waals surface area contributed by atoms with Gasteiger partial charge in [0.2, 0.25) is 0 Å². The first-order valence-corrected chi connectivity index (χ1v) is 6.86. The molecule has 1 aliphatic rings. The van der Waals surface area contributed by atoms with Crippen LogP contribution in [0.25, 0.3) is 0 Å². The van der Waals surface area contributed by atoms with Gasteiger partial charge in [0.25, 0.3) is 0 Å². The second-order valence-corrected chi connectivity index (χ2v) is 5.27. The highest BCUT2D eigenvalue weighted by atomic mass is 32.1. The molecule has 1 aliphatic heterocycles. The van der Waals surface area contributed by atoms with Crippen LogP contribution in [0.1, 0.15) is 15.2 Å². The zero-order chi connectivity index (χ0) is 13.2. The SMILES string of the molecule is Nc1ccsc1C(=O)OCC1Cc2ccccc2O1. The van der Waals surface area contributed by atoms with Crippen LogP contribution in [-0.2, 0) is 11.2 Å². The van der Waals surface area contributed by atoms with Crippen LogP contribution in [0.3, 0.4) is 0 Å². The van der Waals surface area contributed by atoms with Crippen LogP contribution in [0.15, 0.2) is 35.7 Å². The molecule has 1 aromatic carbocycles. The summed E-state index contributed by atoms with van der Waals surface area (Å²) in [7, 11) is 0. The molecule has 5 heteroatoms. The summed E-state index contributed by atoms with van der Waals surface area (Å²) in [5.41, 5.74) is 7.29. The minimum absolute atomic E-state index is 0.109. The van der Waals surface area contributed by atoms with Gasteiger partial charge in [-0.25, -0.2) is 4.79 Å². The highest BCUT2D eigenvalue weighted by molar-refractivity contribution is 7.12. The lowest BCUT2D eigenvalue weighted by atomic mass is 10.1. The third-order valence-electron chi connectivity index (χ3n) is 3.00. The number of para-hydroxylation sites is 1. The Hall–Kier alpha value is -2.01. The van der Waals surface area contributed by atoms with Crippen LogP contribution in [0.2, 0.25) is 0 Å². The Morgan fingerprint density at radius 2 is 2.26 bits per heavy atom. The Balaban J connectivity index is 1.58. The number of hydrogen-bond donors (Lipinski definition) is 1. The maximum Gasteiger partial charge on any atom is 0.350 e. The van der Waals surface area contributed by atoms with Gasteiger partial charge in [0.05, 0.1) is 5.69 Å². The third-order valence-corrected chi connectivity index (χ3v) is 3.91. The molecule has 98 valence electrons. The number of carbonyl (C=O) groups excluding carboxylic acids is 1. The fraction of sp³-hybridized carbons (Fsp3) is 0.214. The van der Waals surface area contributed by atoms with E-state index in [1.807, 2.05) is 24.3 Å². The molecule has 3 rings (SSSR count).